The zero-order valence-corrected chi connectivity index (χ0v) is 17.5. The Morgan fingerprint density at radius 1 is 1.18 bits per heavy atom. The molecule has 1 aromatic carbocycles. The van der Waals surface area contributed by atoms with Crippen molar-refractivity contribution < 1.29 is 4.79 Å². The van der Waals surface area contributed by atoms with Gasteiger partial charge in [-0.25, -0.2) is 4.68 Å². The van der Waals surface area contributed by atoms with Crippen LogP contribution in [0.25, 0.3) is 0 Å². The molecule has 1 aliphatic carbocycles. The monoisotopic (exact) mass is 403 g/mol. The van der Waals surface area contributed by atoms with Crippen molar-refractivity contribution >= 4 is 18.3 Å². The second kappa shape index (κ2) is 9.05. The summed E-state index contributed by atoms with van der Waals surface area (Å²) in [6.07, 6.45) is 6.07. The minimum atomic E-state index is 0. The number of rotatable bonds is 6. The SMILES string of the molecule is CC(C)c1ccc(CN(C(=O)c2cn(C3CCNCC3)nn2)C2CC2)cc1.Cl. The number of piperidine rings is 1. The van der Waals surface area contributed by atoms with Crippen LogP contribution in [0, 0.1) is 0 Å². The molecule has 1 saturated heterocycles. The maximum atomic E-state index is 13.1. The molecular formula is C21H30ClN5O. The fraction of sp³-hybridized carbons (Fsp3) is 0.571. The zero-order valence-electron chi connectivity index (χ0n) is 16.7. The molecule has 2 fully saturated rings. The predicted octanol–water partition coefficient (Wildman–Crippen LogP) is 3.55. The highest BCUT2D eigenvalue weighted by Gasteiger charge is 2.34. The molecule has 0 radical (unpaired) electrons. The van der Waals surface area contributed by atoms with E-state index in [4.69, 9.17) is 0 Å². The Morgan fingerprint density at radius 3 is 2.46 bits per heavy atom. The first kappa shape index (κ1) is 20.8. The maximum absolute atomic E-state index is 13.1. The Kier molecular flexibility index (Phi) is 6.73. The third-order valence-corrected chi connectivity index (χ3v) is 5.66. The first-order valence-corrected chi connectivity index (χ1v) is 10.1. The molecule has 2 aliphatic rings. The van der Waals surface area contributed by atoms with E-state index in [-0.39, 0.29) is 18.3 Å². The Labute approximate surface area is 173 Å². The molecule has 0 unspecified atom stereocenters. The number of halogens is 1. The van der Waals surface area contributed by atoms with Crippen molar-refractivity contribution in [3.8, 4) is 0 Å². The summed E-state index contributed by atoms with van der Waals surface area (Å²) in [6, 6.07) is 9.31. The van der Waals surface area contributed by atoms with Crippen molar-refractivity contribution in [2.75, 3.05) is 13.1 Å². The van der Waals surface area contributed by atoms with Crippen molar-refractivity contribution in [2.45, 2.75) is 64.1 Å². The van der Waals surface area contributed by atoms with Crippen LogP contribution < -0.4 is 5.32 Å². The van der Waals surface area contributed by atoms with E-state index in [1.165, 1.54) is 11.1 Å². The molecule has 28 heavy (non-hydrogen) atoms. The van der Waals surface area contributed by atoms with Gasteiger partial charge in [-0.2, -0.15) is 0 Å². The zero-order chi connectivity index (χ0) is 18.8. The lowest BCUT2D eigenvalue weighted by Gasteiger charge is -2.23. The third-order valence-electron chi connectivity index (χ3n) is 5.66. The maximum Gasteiger partial charge on any atom is 0.276 e. The molecule has 1 aromatic heterocycles. The standard InChI is InChI=1S/C21H29N5O.ClH/c1-15(2)17-5-3-16(4-6-17)13-25(18-7-8-18)21(27)20-14-26(24-23-20)19-9-11-22-12-10-19;/h3-6,14-15,18-19,22H,7-13H2,1-2H3;1H. The summed E-state index contributed by atoms with van der Waals surface area (Å²) in [4.78, 5) is 15.1. The van der Waals surface area contributed by atoms with E-state index in [1.54, 1.807) is 0 Å². The Balaban J connectivity index is 0.00000225. The summed E-state index contributed by atoms with van der Waals surface area (Å²) in [5.41, 5.74) is 2.97. The van der Waals surface area contributed by atoms with Gasteiger partial charge in [0.2, 0.25) is 0 Å². The highest BCUT2D eigenvalue weighted by atomic mass is 35.5. The summed E-state index contributed by atoms with van der Waals surface area (Å²) in [7, 11) is 0. The van der Waals surface area contributed by atoms with Crippen LogP contribution in [0.3, 0.4) is 0 Å². The van der Waals surface area contributed by atoms with Gasteiger partial charge in [-0.1, -0.05) is 43.3 Å². The van der Waals surface area contributed by atoms with E-state index < -0.39 is 0 Å². The summed E-state index contributed by atoms with van der Waals surface area (Å²) in [5.74, 6) is 0.524. The lowest BCUT2D eigenvalue weighted by Crippen LogP contribution is -2.33. The van der Waals surface area contributed by atoms with E-state index in [1.807, 2.05) is 15.8 Å². The van der Waals surface area contributed by atoms with Gasteiger partial charge in [0.15, 0.2) is 5.69 Å². The molecule has 7 heteroatoms. The summed E-state index contributed by atoms with van der Waals surface area (Å²) in [5, 5.41) is 11.8. The highest BCUT2D eigenvalue weighted by Crippen LogP contribution is 2.30. The lowest BCUT2D eigenvalue weighted by atomic mass is 10.0. The average Bonchev–Trinajstić information content (AvgIpc) is 3.42. The number of nitrogens with one attached hydrogen (secondary N) is 1. The third kappa shape index (κ3) is 4.73. The van der Waals surface area contributed by atoms with Crippen LogP contribution in [0.2, 0.25) is 0 Å². The van der Waals surface area contributed by atoms with Gasteiger partial charge >= 0.3 is 0 Å². The molecule has 6 nitrogen and oxygen atoms in total. The predicted molar refractivity (Wildman–Crippen MR) is 112 cm³/mol. The number of benzene rings is 1. The first-order valence-electron chi connectivity index (χ1n) is 10.1. The lowest BCUT2D eigenvalue weighted by molar-refractivity contribution is 0.0723. The molecule has 0 spiro atoms. The van der Waals surface area contributed by atoms with Gasteiger partial charge in [0.1, 0.15) is 0 Å². The number of aromatic nitrogens is 3. The van der Waals surface area contributed by atoms with Crippen molar-refractivity contribution in [1.82, 2.24) is 25.2 Å². The fourth-order valence-electron chi connectivity index (χ4n) is 3.73. The molecule has 1 saturated carbocycles. The van der Waals surface area contributed by atoms with Gasteiger partial charge in [-0.05, 0) is 55.8 Å². The molecule has 4 rings (SSSR count). The summed E-state index contributed by atoms with van der Waals surface area (Å²) >= 11 is 0. The molecular weight excluding hydrogens is 374 g/mol. The van der Waals surface area contributed by atoms with Gasteiger partial charge in [0.25, 0.3) is 5.91 Å². The molecule has 1 amide bonds. The number of hydrogen-bond donors (Lipinski definition) is 1. The number of amides is 1. The summed E-state index contributed by atoms with van der Waals surface area (Å²) in [6.45, 7) is 7.02. The quantitative estimate of drug-likeness (QED) is 0.801. The van der Waals surface area contributed by atoms with Crippen LogP contribution in [0.4, 0.5) is 0 Å². The fourth-order valence-corrected chi connectivity index (χ4v) is 3.73. The average molecular weight is 404 g/mol. The first-order chi connectivity index (χ1) is 13.1. The second-order valence-electron chi connectivity index (χ2n) is 8.13. The van der Waals surface area contributed by atoms with E-state index in [2.05, 4.69) is 53.7 Å². The van der Waals surface area contributed by atoms with Gasteiger partial charge in [-0.3, -0.25) is 4.79 Å². The van der Waals surface area contributed by atoms with Gasteiger partial charge in [0.05, 0.1) is 12.2 Å². The van der Waals surface area contributed by atoms with Gasteiger partial charge in [-0.15, -0.1) is 17.5 Å². The van der Waals surface area contributed by atoms with Crippen LogP contribution >= 0.6 is 12.4 Å². The minimum Gasteiger partial charge on any atom is -0.330 e. The van der Waals surface area contributed by atoms with E-state index in [0.717, 1.165) is 38.8 Å². The van der Waals surface area contributed by atoms with Crippen LogP contribution in [-0.2, 0) is 6.54 Å². The van der Waals surface area contributed by atoms with Crippen molar-refractivity contribution in [2.24, 2.45) is 0 Å². The summed E-state index contributed by atoms with van der Waals surface area (Å²) < 4.78 is 1.89. The number of nitrogens with zero attached hydrogens (tertiary/aromatic N) is 4. The van der Waals surface area contributed by atoms with E-state index in [0.29, 0.717) is 30.2 Å². The van der Waals surface area contributed by atoms with Crippen LogP contribution in [0.15, 0.2) is 30.5 Å². The Hall–Kier alpha value is -1.92. The van der Waals surface area contributed by atoms with Crippen molar-refractivity contribution in [3.63, 3.8) is 0 Å². The molecule has 152 valence electrons. The van der Waals surface area contributed by atoms with Crippen LogP contribution in [0.1, 0.15) is 73.1 Å². The topological polar surface area (TPSA) is 63.1 Å². The van der Waals surface area contributed by atoms with E-state index in [9.17, 15) is 4.79 Å². The largest absolute Gasteiger partial charge is 0.330 e. The molecule has 0 bridgehead atoms. The molecule has 1 N–H and O–H groups in total. The Bertz CT molecular complexity index is 778. The number of carbonyl (C=O) groups is 1. The highest BCUT2D eigenvalue weighted by molar-refractivity contribution is 5.92. The smallest absolute Gasteiger partial charge is 0.276 e. The molecule has 0 atom stereocenters. The number of hydrogen-bond acceptors (Lipinski definition) is 4. The number of carbonyl (C=O) groups excluding carboxylic acids is 1. The van der Waals surface area contributed by atoms with Crippen LogP contribution in [-0.4, -0.2) is 44.9 Å². The van der Waals surface area contributed by atoms with Crippen molar-refractivity contribution in [1.29, 1.82) is 0 Å². The Morgan fingerprint density at radius 2 is 1.86 bits per heavy atom. The van der Waals surface area contributed by atoms with Crippen LogP contribution in [0.5, 0.6) is 0 Å². The van der Waals surface area contributed by atoms with Crippen molar-refractivity contribution in [3.05, 3.63) is 47.3 Å². The normalized spacial score (nSPS) is 17.4. The molecule has 2 heterocycles. The van der Waals surface area contributed by atoms with E-state index >= 15 is 0 Å². The molecule has 2 aromatic rings. The molecule has 1 aliphatic heterocycles. The van der Waals surface area contributed by atoms with Gasteiger partial charge in [0, 0.05) is 12.6 Å². The minimum absolute atomic E-state index is 0. The second-order valence-corrected chi connectivity index (χ2v) is 8.13. The van der Waals surface area contributed by atoms with Gasteiger partial charge < -0.3 is 10.2 Å².